The molecule has 7 heteroatoms. The van der Waals surface area contributed by atoms with Crippen LogP contribution in [-0.2, 0) is 11.8 Å². The van der Waals surface area contributed by atoms with Gasteiger partial charge in [-0.2, -0.15) is 5.10 Å². The van der Waals surface area contributed by atoms with Gasteiger partial charge < -0.3 is 15.0 Å². The molecule has 3 heterocycles. The van der Waals surface area contributed by atoms with Crippen LogP contribution >= 0.6 is 0 Å². The van der Waals surface area contributed by atoms with E-state index in [1.54, 1.807) is 6.20 Å². The first-order chi connectivity index (χ1) is 13.2. The van der Waals surface area contributed by atoms with Crippen molar-refractivity contribution in [3.63, 3.8) is 0 Å². The van der Waals surface area contributed by atoms with Crippen LogP contribution in [0.1, 0.15) is 36.6 Å². The number of ether oxygens (including phenoxy) is 1. The highest BCUT2D eigenvalue weighted by atomic mass is 16.5. The molecule has 28 heavy (non-hydrogen) atoms. The number of likely N-dealkylation sites (N-methyl/N-ethyl adjacent to an activating group) is 1. The van der Waals surface area contributed by atoms with E-state index in [0.717, 1.165) is 24.3 Å². The van der Waals surface area contributed by atoms with Crippen molar-refractivity contribution < 1.29 is 9.53 Å². The van der Waals surface area contributed by atoms with E-state index < -0.39 is 5.41 Å². The maximum absolute atomic E-state index is 13.0. The zero-order valence-electron chi connectivity index (χ0n) is 17.7. The van der Waals surface area contributed by atoms with Crippen molar-refractivity contribution >= 4 is 5.91 Å². The summed E-state index contributed by atoms with van der Waals surface area (Å²) in [4.78, 5) is 19.6. The van der Waals surface area contributed by atoms with Gasteiger partial charge in [0, 0.05) is 50.1 Å². The zero-order valence-corrected chi connectivity index (χ0v) is 17.7. The Bertz CT molecular complexity index is 845. The first-order valence-electron chi connectivity index (χ1n) is 9.71. The number of hydrogen-bond donors (Lipinski definition) is 1. The number of carbonyl (C=O) groups excluding carboxylic acids is 1. The summed E-state index contributed by atoms with van der Waals surface area (Å²) in [7, 11) is 4.02. The molecule has 7 nitrogen and oxygen atoms in total. The first-order valence-corrected chi connectivity index (χ1v) is 9.71. The minimum absolute atomic E-state index is 0.00655. The third-order valence-corrected chi connectivity index (χ3v) is 5.42. The molecule has 0 radical (unpaired) electrons. The molecular formula is C21H31N5O2. The number of hydrogen-bond acceptors (Lipinski definition) is 5. The van der Waals surface area contributed by atoms with Crippen LogP contribution in [0.2, 0.25) is 0 Å². The lowest BCUT2D eigenvalue weighted by atomic mass is 9.90. The molecule has 152 valence electrons. The molecule has 1 amide bonds. The monoisotopic (exact) mass is 385 g/mol. The number of aromatic nitrogens is 3. The van der Waals surface area contributed by atoms with E-state index in [9.17, 15) is 4.79 Å². The summed E-state index contributed by atoms with van der Waals surface area (Å²) in [5, 5.41) is 7.74. The van der Waals surface area contributed by atoms with Crippen molar-refractivity contribution in [2.24, 2.45) is 12.5 Å². The third-order valence-electron chi connectivity index (χ3n) is 5.42. The standard InChI is InChI=1S/C21H31N5O2/c1-14-8-7-9-22-19(14)28-13-21(3,4)20(27)23-18-12-25(5)10-17(18)16-11-26(6)24-15(16)2/h7-9,11,17-18H,10,12-13H2,1-6H3,(H,23,27)/t17-,18+/m1/s1. The summed E-state index contributed by atoms with van der Waals surface area (Å²) in [6.07, 6.45) is 3.76. The second kappa shape index (κ2) is 7.91. The fraction of sp³-hybridized carbons (Fsp3) is 0.571. The molecule has 1 saturated heterocycles. The molecule has 1 aliphatic rings. The van der Waals surface area contributed by atoms with Gasteiger partial charge in [-0.15, -0.1) is 0 Å². The van der Waals surface area contributed by atoms with Crippen LogP contribution in [0.15, 0.2) is 24.5 Å². The molecular weight excluding hydrogens is 354 g/mol. The predicted octanol–water partition coefficient (Wildman–Crippen LogP) is 2.05. The normalized spacial score (nSPS) is 20.4. The van der Waals surface area contributed by atoms with Crippen molar-refractivity contribution in [1.29, 1.82) is 0 Å². The Hall–Kier alpha value is -2.41. The summed E-state index contributed by atoms with van der Waals surface area (Å²) in [5.74, 6) is 0.804. The zero-order chi connectivity index (χ0) is 20.5. The average molecular weight is 386 g/mol. The number of nitrogens with one attached hydrogen (secondary N) is 1. The minimum Gasteiger partial charge on any atom is -0.476 e. The number of rotatable bonds is 6. The summed E-state index contributed by atoms with van der Waals surface area (Å²) < 4.78 is 7.69. The lowest BCUT2D eigenvalue weighted by molar-refractivity contribution is -0.131. The van der Waals surface area contributed by atoms with Crippen LogP contribution in [0.5, 0.6) is 5.88 Å². The van der Waals surface area contributed by atoms with Crippen LogP contribution in [0.3, 0.4) is 0 Å². The van der Waals surface area contributed by atoms with E-state index in [2.05, 4.69) is 33.5 Å². The van der Waals surface area contributed by atoms with Gasteiger partial charge >= 0.3 is 0 Å². The second-order valence-electron chi connectivity index (χ2n) is 8.55. The maximum Gasteiger partial charge on any atom is 0.229 e. The highest BCUT2D eigenvalue weighted by Crippen LogP contribution is 2.30. The number of nitrogens with zero attached hydrogens (tertiary/aromatic N) is 4. The summed E-state index contributed by atoms with van der Waals surface area (Å²) >= 11 is 0. The third kappa shape index (κ3) is 4.35. The van der Waals surface area contributed by atoms with Crippen LogP contribution in [0.4, 0.5) is 0 Å². The van der Waals surface area contributed by atoms with Crippen LogP contribution in [0, 0.1) is 19.3 Å². The van der Waals surface area contributed by atoms with E-state index in [1.807, 2.05) is 51.6 Å². The molecule has 0 spiro atoms. The molecule has 3 rings (SSSR count). The molecule has 0 bridgehead atoms. The Morgan fingerprint density at radius 2 is 2.07 bits per heavy atom. The van der Waals surface area contributed by atoms with Gasteiger partial charge in [0.05, 0.1) is 11.1 Å². The number of amides is 1. The van der Waals surface area contributed by atoms with Gasteiger partial charge in [0.15, 0.2) is 0 Å². The molecule has 1 N–H and O–H groups in total. The lowest BCUT2D eigenvalue weighted by Crippen LogP contribution is -2.48. The van der Waals surface area contributed by atoms with Crippen molar-refractivity contribution in [1.82, 2.24) is 25.0 Å². The predicted molar refractivity (Wildman–Crippen MR) is 108 cm³/mol. The van der Waals surface area contributed by atoms with E-state index in [0.29, 0.717) is 5.88 Å². The lowest BCUT2D eigenvalue weighted by Gasteiger charge is -2.28. The number of likely N-dealkylation sites (tertiary alicyclic amines) is 1. The summed E-state index contributed by atoms with van der Waals surface area (Å²) in [5.41, 5.74) is 2.52. The SMILES string of the molecule is Cc1cccnc1OCC(C)(C)C(=O)N[C@H]1CN(C)C[C@@H]1c1cn(C)nc1C. The summed E-state index contributed by atoms with van der Waals surface area (Å²) in [6, 6.07) is 3.87. The van der Waals surface area contributed by atoms with Gasteiger partial charge in [-0.05, 0) is 46.4 Å². The number of pyridine rings is 1. The summed E-state index contributed by atoms with van der Waals surface area (Å²) in [6.45, 7) is 9.79. The van der Waals surface area contributed by atoms with E-state index in [1.165, 1.54) is 5.56 Å². The highest BCUT2D eigenvalue weighted by molar-refractivity contribution is 5.82. The molecule has 2 aromatic heterocycles. The fourth-order valence-corrected chi connectivity index (χ4v) is 3.74. The second-order valence-corrected chi connectivity index (χ2v) is 8.55. The van der Waals surface area contributed by atoms with Crippen molar-refractivity contribution in [3.8, 4) is 5.88 Å². The smallest absolute Gasteiger partial charge is 0.229 e. The Morgan fingerprint density at radius 3 is 2.71 bits per heavy atom. The quantitative estimate of drug-likeness (QED) is 0.824. The number of aryl methyl sites for hydroxylation is 3. The van der Waals surface area contributed by atoms with Gasteiger partial charge in [-0.1, -0.05) is 6.07 Å². The number of carbonyl (C=O) groups is 1. The van der Waals surface area contributed by atoms with Gasteiger partial charge in [0.1, 0.15) is 6.61 Å². The molecule has 1 fully saturated rings. The van der Waals surface area contributed by atoms with Gasteiger partial charge in [0.25, 0.3) is 0 Å². The first kappa shape index (κ1) is 20.3. The van der Waals surface area contributed by atoms with Crippen molar-refractivity contribution in [2.45, 2.75) is 39.7 Å². The van der Waals surface area contributed by atoms with Crippen molar-refractivity contribution in [3.05, 3.63) is 41.3 Å². The molecule has 0 aromatic carbocycles. The Balaban J connectivity index is 1.67. The fourth-order valence-electron chi connectivity index (χ4n) is 3.74. The van der Waals surface area contributed by atoms with Gasteiger partial charge in [-0.25, -0.2) is 4.98 Å². The molecule has 0 aliphatic carbocycles. The average Bonchev–Trinajstić information content (AvgIpc) is 3.15. The molecule has 0 saturated carbocycles. The maximum atomic E-state index is 13.0. The van der Waals surface area contributed by atoms with Crippen LogP contribution < -0.4 is 10.1 Å². The topological polar surface area (TPSA) is 72.3 Å². The largest absolute Gasteiger partial charge is 0.476 e. The molecule has 0 unspecified atom stereocenters. The van der Waals surface area contributed by atoms with E-state index in [-0.39, 0.29) is 24.5 Å². The van der Waals surface area contributed by atoms with E-state index >= 15 is 0 Å². The minimum atomic E-state index is -0.667. The molecule has 1 aliphatic heterocycles. The molecule has 2 atom stereocenters. The Labute approximate surface area is 167 Å². The van der Waals surface area contributed by atoms with E-state index in [4.69, 9.17) is 4.74 Å². The van der Waals surface area contributed by atoms with Gasteiger partial charge in [-0.3, -0.25) is 9.48 Å². The van der Waals surface area contributed by atoms with Crippen LogP contribution in [-0.4, -0.2) is 58.4 Å². The van der Waals surface area contributed by atoms with Crippen molar-refractivity contribution in [2.75, 3.05) is 26.7 Å². The highest BCUT2D eigenvalue weighted by Gasteiger charge is 2.38. The van der Waals surface area contributed by atoms with Gasteiger partial charge in [0.2, 0.25) is 11.8 Å². The Kier molecular flexibility index (Phi) is 5.74. The Morgan fingerprint density at radius 1 is 1.32 bits per heavy atom. The molecule has 2 aromatic rings. The van der Waals surface area contributed by atoms with Crippen LogP contribution in [0.25, 0.3) is 0 Å².